The van der Waals surface area contributed by atoms with Crippen LogP contribution in [0.25, 0.3) is 11.4 Å². The summed E-state index contributed by atoms with van der Waals surface area (Å²) in [6, 6.07) is 7.97. The minimum atomic E-state index is -0.466. The lowest BCUT2D eigenvalue weighted by molar-refractivity contribution is 0.0803. The van der Waals surface area contributed by atoms with Crippen molar-refractivity contribution in [2.75, 3.05) is 0 Å². The van der Waals surface area contributed by atoms with Crippen LogP contribution in [0.4, 0.5) is 0 Å². The van der Waals surface area contributed by atoms with Gasteiger partial charge in [0.15, 0.2) is 5.82 Å². The number of ether oxygens (including phenoxy) is 2. The number of benzene rings is 1. The summed E-state index contributed by atoms with van der Waals surface area (Å²) in [5, 5.41) is 0. The molecule has 0 aliphatic carbocycles. The monoisotopic (exact) mass is 382 g/mol. The number of unbranched alkanes of at least 4 members (excludes halogenated alkanes) is 5. The molecule has 4 heteroatoms. The number of rotatable bonds is 12. The molecule has 0 bridgehead atoms. The minimum Gasteiger partial charge on any atom is -0.460 e. The van der Waals surface area contributed by atoms with Crippen LogP contribution >= 0.6 is 0 Å². The Hall–Kier alpha value is -1.94. The van der Waals surface area contributed by atoms with Gasteiger partial charge in [-0.15, -0.1) is 0 Å². The molecule has 3 rings (SSSR count). The van der Waals surface area contributed by atoms with Crippen LogP contribution in [0.15, 0.2) is 36.7 Å². The first-order valence-electron chi connectivity index (χ1n) is 10.9. The largest absolute Gasteiger partial charge is 0.460 e. The standard InChI is InChI=1S/C24H34N2O2/c1-4-6-7-8-9-10-12-19-17-25-23(26-18-19)20-13-15-21(16-14-20)27-24(3)22(28-24)11-5-2/h13-18,22H,4-12H2,1-3H3/t22-,24-/m1/s1. The molecule has 1 aromatic carbocycles. The second-order valence-corrected chi connectivity index (χ2v) is 7.97. The maximum absolute atomic E-state index is 6.00. The molecule has 0 radical (unpaired) electrons. The molecule has 28 heavy (non-hydrogen) atoms. The molecule has 152 valence electrons. The fourth-order valence-corrected chi connectivity index (χ4v) is 3.57. The number of nitrogens with zero attached hydrogens (tertiary/aromatic N) is 2. The second kappa shape index (κ2) is 10.0. The Kier molecular flexibility index (Phi) is 7.43. The molecule has 2 aromatic rings. The molecule has 1 aliphatic rings. The normalized spacial score (nSPS) is 20.9. The zero-order chi connectivity index (χ0) is 19.8. The van der Waals surface area contributed by atoms with Crippen molar-refractivity contribution in [3.63, 3.8) is 0 Å². The van der Waals surface area contributed by atoms with Crippen molar-refractivity contribution in [3.05, 3.63) is 42.2 Å². The lowest BCUT2D eigenvalue weighted by atomic mass is 10.1. The van der Waals surface area contributed by atoms with Crippen molar-refractivity contribution in [2.24, 2.45) is 0 Å². The highest BCUT2D eigenvalue weighted by molar-refractivity contribution is 5.56. The van der Waals surface area contributed by atoms with Crippen LogP contribution in [0, 0.1) is 0 Å². The van der Waals surface area contributed by atoms with E-state index in [1.807, 2.05) is 43.6 Å². The topological polar surface area (TPSA) is 47.5 Å². The van der Waals surface area contributed by atoms with Crippen molar-refractivity contribution in [3.8, 4) is 17.1 Å². The molecule has 1 saturated heterocycles. The molecule has 0 unspecified atom stereocenters. The highest BCUT2D eigenvalue weighted by atomic mass is 16.8. The van der Waals surface area contributed by atoms with Crippen molar-refractivity contribution >= 4 is 0 Å². The van der Waals surface area contributed by atoms with Gasteiger partial charge in [0, 0.05) is 24.9 Å². The SMILES string of the molecule is CCCCCCCCc1cnc(-c2ccc(O[C@]3(C)O[C@@H]3CCC)cc2)nc1. The van der Waals surface area contributed by atoms with Crippen LogP contribution in [0.2, 0.25) is 0 Å². The van der Waals surface area contributed by atoms with Crippen LogP contribution in [-0.2, 0) is 11.2 Å². The Balaban J connectivity index is 1.47. The van der Waals surface area contributed by atoms with Crippen molar-refractivity contribution in [2.45, 2.75) is 90.4 Å². The van der Waals surface area contributed by atoms with E-state index in [2.05, 4.69) is 23.8 Å². The Morgan fingerprint density at radius 2 is 1.61 bits per heavy atom. The summed E-state index contributed by atoms with van der Waals surface area (Å²) in [4.78, 5) is 9.11. The van der Waals surface area contributed by atoms with Gasteiger partial charge in [-0.25, -0.2) is 9.97 Å². The third-order valence-corrected chi connectivity index (χ3v) is 5.41. The average molecular weight is 383 g/mol. The van der Waals surface area contributed by atoms with Gasteiger partial charge in [0.2, 0.25) is 5.79 Å². The summed E-state index contributed by atoms with van der Waals surface area (Å²) >= 11 is 0. The van der Waals surface area contributed by atoms with Gasteiger partial charge in [0.25, 0.3) is 0 Å². The van der Waals surface area contributed by atoms with Gasteiger partial charge in [-0.2, -0.15) is 0 Å². The van der Waals surface area contributed by atoms with E-state index in [9.17, 15) is 0 Å². The van der Waals surface area contributed by atoms with Crippen LogP contribution in [0.1, 0.15) is 77.7 Å². The second-order valence-electron chi connectivity index (χ2n) is 7.97. The first kappa shape index (κ1) is 20.8. The molecule has 2 atom stereocenters. The molecule has 4 nitrogen and oxygen atoms in total. The predicted octanol–water partition coefficient (Wildman–Crippen LogP) is 6.34. The smallest absolute Gasteiger partial charge is 0.234 e. The Labute approximate surface area is 169 Å². The number of hydrogen-bond acceptors (Lipinski definition) is 4. The van der Waals surface area contributed by atoms with E-state index in [1.165, 1.54) is 44.1 Å². The van der Waals surface area contributed by atoms with Gasteiger partial charge in [-0.1, -0.05) is 52.4 Å². The third kappa shape index (κ3) is 5.78. The van der Waals surface area contributed by atoms with E-state index >= 15 is 0 Å². The summed E-state index contributed by atoms with van der Waals surface area (Å²) in [7, 11) is 0. The number of aryl methyl sites for hydroxylation is 1. The quantitative estimate of drug-likeness (QED) is 0.317. The summed E-state index contributed by atoms with van der Waals surface area (Å²) in [5.74, 6) is 1.12. The van der Waals surface area contributed by atoms with Gasteiger partial charge >= 0.3 is 0 Å². The van der Waals surface area contributed by atoms with E-state index in [1.54, 1.807) is 0 Å². The summed E-state index contributed by atoms with van der Waals surface area (Å²) < 4.78 is 11.7. The number of epoxide rings is 1. The molecule has 1 aromatic heterocycles. The maximum Gasteiger partial charge on any atom is 0.234 e. The number of aromatic nitrogens is 2. The molecule has 0 spiro atoms. The van der Waals surface area contributed by atoms with E-state index in [0.717, 1.165) is 36.4 Å². The van der Waals surface area contributed by atoms with Crippen LogP contribution in [0.3, 0.4) is 0 Å². The molecule has 0 amide bonds. The lowest BCUT2D eigenvalue weighted by Gasteiger charge is -2.11. The molecule has 1 fully saturated rings. The van der Waals surface area contributed by atoms with Crippen LogP contribution < -0.4 is 4.74 Å². The Morgan fingerprint density at radius 3 is 2.29 bits per heavy atom. The van der Waals surface area contributed by atoms with Gasteiger partial charge in [0.05, 0.1) is 0 Å². The van der Waals surface area contributed by atoms with Crippen molar-refractivity contribution in [1.82, 2.24) is 9.97 Å². The Bertz CT molecular complexity index is 714. The van der Waals surface area contributed by atoms with Crippen molar-refractivity contribution in [1.29, 1.82) is 0 Å². The molecule has 0 N–H and O–H groups in total. The van der Waals surface area contributed by atoms with E-state index in [-0.39, 0.29) is 6.10 Å². The fourth-order valence-electron chi connectivity index (χ4n) is 3.57. The first-order chi connectivity index (χ1) is 13.6. The van der Waals surface area contributed by atoms with E-state index < -0.39 is 5.79 Å². The molecular formula is C24H34N2O2. The Morgan fingerprint density at radius 1 is 0.929 bits per heavy atom. The lowest BCUT2D eigenvalue weighted by Crippen LogP contribution is -2.18. The minimum absolute atomic E-state index is 0.208. The third-order valence-electron chi connectivity index (χ3n) is 5.41. The molecule has 2 heterocycles. The van der Waals surface area contributed by atoms with E-state index in [4.69, 9.17) is 9.47 Å². The molecule has 1 aliphatic heterocycles. The summed E-state index contributed by atoms with van der Waals surface area (Å²) in [6.45, 7) is 6.42. The van der Waals surface area contributed by atoms with Gasteiger partial charge in [-0.05, 0) is 49.1 Å². The summed E-state index contributed by atoms with van der Waals surface area (Å²) in [6.07, 6.45) is 15.2. The van der Waals surface area contributed by atoms with Crippen LogP contribution in [0.5, 0.6) is 5.75 Å². The summed E-state index contributed by atoms with van der Waals surface area (Å²) in [5.41, 5.74) is 2.23. The van der Waals surface area contributed by atoms with Crippen molar-refractivity contribution < 1.29 is 9.47 Å². The highest BCUT2D eigenvalue weighted by Crippen LogP contribution is 2.41. The predicted molar refractivity (Wildman–Crippen MR) is 113 cm³/mol. The van der Waals surface area contributed by atoms with Gasteiger partial charge < -0.3 is 9.47 Å². The van der Waals surface area contributed by atoms with E-state index in [0.29, 0.717) is 0 Å². The maximum atomic E-state index is 6.00. The van der Waals surface area contributed by atoms with Gasteiger partial charge in [-0.3, -0.25) is 0 Å². The first-order valence-corrected chi connectivity index (χ1v) is 10.9. The average Bonchev–Trinajstić information content (AvgIpc) is 3.34. The van der Waals surface area contributed by atoms with Crippen LogP contribution in [-0.4, -0.2) is 21.9 Å². The number of hydrogen-bond donors (Lipinski definition) is 0. The fraction of sp³-hybridized carbons (Fsp3) is 0.583. The molecular weight excluding hydrogens is 348 g/mol. The zero-order valence-electron chi connectivity index (χ0n) is 17.6. The highest BCUT2D eigenvalue weighted by Gasteiger charge is 2.54. The zero-order valence-corrected chi connectivity index (χ0v) is 17.6. The molecule has 0 saturated carbocycles. The van der Waals surface area contributed by atoms with Gasteiger partial charge in [0.1, 0.15) is 11.9 Å².